The van der Waals surface area contributed by atoms with E-state index in [1.165, 1.54) is 12.5 Å². The molecule has 1 N–H and O–H groups in total. The zero-order valence-electron chi connectivity index (χ0n) is 10.6. The van der Waals surface area contributed by atoms with Crippen LogP contribution in [0.15, 0.2) is 12.1 Å². The van der Waals surface area contributed by atoms with Crippen molar-refractivity contribution in [3.63, 3.8) is 0 Å². The molecule has 2 heterocycles. The summed E-state index contributed by atoms with van der Waals surface area (Å²) in [5.41, 5.74) is 0.623. The smallest absolute Gasteiger partial charge is 0.186 e. The van der Waals surface area contributed by atoms with Gasteiger partial charge in [-0.25, -0.2) is 13.8 Å². The maximum Gasteiger partial charge on any atom is 0.186 e. The molecule has 3 rings (SSSR count). The maximum atomic E-state index is 13.5. The summed E-state index contributed by atoms with van der Waals surface area (Å²) >= 11 is 0. The molecule has 19 heavy (non-hydrogen) atoms. The van der Waals surface area contributed by atoms with Gasteiger partial charge in [-0.15, -0.1) is 0 Å². The molecule has 1 fully saturated rings. The number of H-pyrrole nitrogens is 1. The van der Waals surface area contributed by atoms with Gasteiger partial charge in [-0.1, -0.05) is 0 Å². The van der Waals surface area contributed by atoms with Gasteiger partial charge in [0.2, 0.25) is 0 Å². The molecule has 1 aromatic heterocycles. The fraction of sp³-hybridized carbons (Fsp3) is 0.500. The summed E-state index contributed by atoms with van der Waals surface area (Å²) in [4.78, 5) is 7.16. The first kappa shape index (κ1) is 12.5. The van der Waals surface area contributed by atoms with Gasteiger partial charge in [0, 0.05) is 13.0 Å². The highest BCUT2D eigenvalue weighted by atomic mass is 19.2. The lowest BCUT2D eigenvalue weighted by Gasteiger charge is -2.21. The normalized spacial score (nSPS) is 20.0. The van der Waals surface area contributed by atoms with Gasteiger partial charge in [-0.2, -0.15) is 0 Å². The van der Waals surface area contributed by atoms with Crippen LogP contribution in [0, 0.1) is 11.6 Å². The van der Waals surface area contributed by atoms with Gasteiger partial charge in [0.1, 0.15) is 11.3 Å². The molecule has 1 aromatic carbocycles. The third-order valence-electron chi connectivity index (χ3n) is 3.57. The number of aromatic nitrogens is 2. The number of hydrogen-bond acceptors (Lipinski definition) is 2. The van der Waals surface area contributed by atoms with Crippen molar-refractivity contribution in [1.82, 2.24) is 9.97 Å². The molecule has 1 aliphatic rings. The third-order valence-corrected chi connectivity index (χ3v) is 3.57. The molecule has 1 saturated heterocycles. The van der Waals surface area contributed by atoms with E-state index in [0.717, 1.165) is 31.9 Å². The molecular weight excluding hydrogens is 250 g/mol. The van der Waals surface area contributed by atoms with Crippen molar-refractivity contribution in [3.05, 3.63) is 29.6 Å². The van der Waals surface area contributed by atoms with E-state index in [1.54, 1.807) is 0 Å². The van der Waals surface area contributed by atoms with Crippen LogP contribution >= 0.6 is 0 Å². The molecule has 0 amide bonds. The molecule has 3 nitrogen and oxygen atoms in total. The van der Waals surface area contributed by atoms with E-state index in [9.17, 15) is 8.78 Å². The first-order valence-corrected chi connectivity index (χ1v) is 6.68. The van der Waals surface area contributed by atoms with Gasteiger partial charge in [0.25, 0.3) is 0 Å². The second-order valence-corrected chi connectivity index (χ2v) is 4.97. The molecule has 0 aliphatic carbocycles. The fourth-order valence-electron chi connectivity index (χ4n) is 2.52. The predicted octanol–water partition coefficient (Wildman–Crippen LogP) is 3.34. The Morgan fingerprint density at radius 2 is 2.21 bits per heavy atom. The lowest BCUT2D eigenvalue weighted by atomic mass is 10.0. The van der Waals surface area contributed by atoms with Gasteiger partial charge in [0.15, 0.2) is 11.6 Å². The van der Waals surface area contributed by atoms with E-state index in [1.807, 2.05) is 0 Å². The number of rotatable bonds is 3. The summed E-state index contributed by atoms with van der Waals surface area (Å²) < 4.78 is 32.3. The van der Waals surface area contributed by atoms with Crippen LogP contribution in [-0.4, -0.2) is 22.7 Å². The third kappa shape index (κ3) is 2.61. The number of aryl methyl sites for hydroxylation is 1. The van der Waals surface area contributed by atoms with E-state index in [2.05, 4.69) is 9.97 Å². The standard InChI is InChI=1S/C14H16F2N2O/c15-10-5-6-11-14(13(10)16)18-12(17-11)7-4-9-3-1-2-8-19-9/h5-6,9H,1-4,7-8H2,(H,17,18). The molecule has 0 spiro atoms. The summed E-state index contributed by atoms with van der Waals surface area (Å²) in [6, 6.07) is 2.63. The monoisotopic (exact) mass is 266 g/mol. The van der Waals surface area contributed by atoms with Crippen LogP contribution in [0.25, 0.3) is 11.0 Å². The molecule has 0 bridgehead atoms. The summed E-state index contributed by atoms with van der Waals surface area (Å²) in [6.07, 6.45) is 5.23. The number of benzene rings is 1. The number of ether oxygens (including phenoxy) is 1. The lowest BCUT2D eigenvalue weighted by molar-refractivity contribution is 0.0112. The van der Waals surface area contributed by atoms with E-state index in [0.29, 0.717) is 17.8 Å². The van der Waals surface area contributed by atoms with Crippen LogP contribution in [0.5, 0.6) is 0 Å². The van der Waals surface area contributed by atoms with E-state index in [4.69, 9.17) is 4.74 Å². The Morgan fingerprint density at radius 3 is 3.00 bits per heavy atom. The minimum Gasteiger partial charge on any atom is -0.378 e. The van der Waals surface area contributed by atoms with Crippen LogP contribution in [-0.2, 0) is 11.2 Å². The highest BCUT2D eigenvalue weighted by Gasteiger charge is 2.16. The fourth-order valence-corrected chi connectivity index (χ4v) is 2.52. The van der Waals surface area contributed by atoms with Crippen LogP contribution < -0.4 is 0 Å². The largest absolute Gasteiger partial charge is 0.378 e. The number of aromatic amines is 1. The quantitative estimate of drug-likeness (QED) is 0.925. The molecule has 1 atom stereocenters. The van der Waals surface area contributed by atoms with E-state index < -0.39 is 11.6 Å². The number of fused-ring (bicyclic) bond motifs is 1. The second kappa shape index (κ2) is 5.25. The van der Waals surface area contributed by atoms with Crippen molar-refractivity contribution >= 4 is 11.0 Å². The SMILES string of the molecule is Fc1ccc2[nH]c(CCC3CCCCO3)nc2c1F. The summed E-state index contributed by atoms with van der Waals surface area (Å²) in [5.74, 6) is -1.05. The van der Waals surface area contributed by atoms with E-state index >= 15 is 0 Å². The van der Waals surface area contributed by atoms with Crippen LogP contribution in [0.2, 0.25) is 0 Å². The number of nitrogens with zero attached hydrogens (tertiary/aromatic N) is 1. The number of hydrogen-bond donors (Lipinski definition) is 1. The molecular formula is C14H16F2N2O. The van der Waals surface area contributed by atoms with Gasteiger partial charge >= 0.3 is 0 Å². The van der Waals surface area contributed by atoms with Gasteiger partial charge < -0.3 is 9.72 Å². The molecule has 2 aromatic rings. The van der Waals surface area contributed by atoms with Gasteiger partial charge in [-0.3, -0.25) is 0 Å². The number of imidazole rings is 1. The topological polar surface area (TPSA) is 37.9 Å². The minimum atomic E-state index is -0.881. The zero-order valence-corrected chi connectivity index (χ0v) is 10.6. The average Bonchev–Trinajstić information content (AvgIpc) is 2.86. The Labute approximate surface area is 110 Å². The van der Waals surface area contributed by atoms with Crippen molar-refractivity contribution in [2.75, 3.05) is 6.61 Å². The summed E-state index contributed by atoms with van der Waals surface area (Å²) in [6.45, 7) is 0.824. The Kier molecular flexibility index (Phi) is 3.46. The molecule has 5 heteroatoms. The molecule has 1 unspecified atom stereocenters. The predicted molar refractivity (Wildman–Crippen MR) is 67.9 cm³/mol. The number of nitrogens with one attached hydrogen (secondary N) is 1. The van der Waals surface area contributed by atoms with Crippen molar-refractivity contribution in [3.8, 4) is 0 Å². The second-order valence-electron chi connectivity index (χ2n) is 4.97. The summed E-state index contributed by atoms with van der Waals surface area (Å²) in [5, 5.41) is 0. The maximum absolute atomic E-state index is 13.5. The van der Waals surface area contributed by atoms with Crippen LogP contribution in [0.3, 0.4) is 0 Å². The number of halogens is 2. The minimum absolute atomic E-state index is 0.0829. The Bertz CT molecular complexity index is 576. The first-order chi connectivity index (χ1) is 9.24. The van der Waals surface area contributed by atoms with Crippen LogP contribution in [0.1, 0.15) is 31.5 Å². The Morgan fingerprint density at radius 1 is 1.32 bits per heavy atom. The summed E-state index contributed by atoms with van der Waals surface area (Å²) in [7, 11) is 0. The molecule has 102 valence electrons. The lowest BCUT2D eigenvalue weighted by Crippen LogP contribution is -2.19. The molecule has 0 radical (unpaired) electrons. The van der Waals surface area contributed by atoms with Crippen LogP contribution in [0.4, 0.5) is 8.78 Å². The van der Waals surface area contributed by atoms with Crippen molar-refractivity contribution in [2.45, 2.75) is 38.2 Å². The van der Waals surface area contributed by atoms with E-state index in [-0.39, 0.29) is 11.6 Å². The Balaban J connectivity index is 1.72. The van der Waals surface area contributed by atoms with Crippen molar-refractivity contribution in [2.24, 2.45) is 0 Å². The highest BCUT2D eigenvalue weighted by Crippen LogP contribution is 2.21. The van der Waals surface area contributed by atoms with Gasteiger partial charge in [-0.05, 0) is 37.8 Å². The molecule has 0 saturated carbocycles. The van der Waals surface area contributed by atoms with Crippen molar-refractivity contribution in [1.29, 1.82) is 0 Å². The molecule has 1 aliphatic heterocycles. The highest BCUT2D eigenvalue weighted by molar-refractivity contribution is 5.75. The zero-order chi connectivity index (χ0) is 13.2. The first-order valence-electron chi connectivity index (χ1n) is 6.68. The average molecular weight is 266 g/mol. The Hall–Kier alpha value is -1.49. The van der Waals surface area contributed by atoms with Gasteiger partial charge in [0.05, 0.1) is 11.6 Å². The van der Waals surface area contributed by atoms with Crippen molar-refractivity contribution < 1.29 is 13.5 Å².